The van der Waals surface area contributed by atoms with Crippen LogP contribution in [0.25, 0.3) is 0 Å². The van der Waals surface area contributed by atoms with Gasteiger partial charge in [-0.15, -0.1) is 0 Å². The van der Waals surface area contributed by atoms with Crippen LogP contribution in [0.4, 0.5) is 0 Å². The summed E-state index contributed by atoms with van der Waals surface area (Å²) >= 11 is 0. The largest absolute Gasteiger partial charge is 0.354 e. The molecule has 1 N–H and O–H groups in total. The van der Waals surface area contributed by atoms with Gasteiger partial charge in [0.25, 0.3) is 0 Å². The predicted octanol–water partition coefficient (Wildman–Crippen LogP) is 2.39. The number of nitrogens with zero attached hydrogens (tertiary/aromatic N) is 2. The molecule has 1 fully saturated rings. The molecular formula is C24H31N3O4S. The summed E-state index contributed by atoms with van der Waals surface area (Å²) in [5, 5.41) is 2.85. The predicted molar refractivity (Wildman–Crippen MR) is 124 cm³/mol. The van der Waals surface area contributed by atoms with E-state index in [4.69, 9.17) is 0 Å². The van der Waals surface area contributed by atoms with E-state index in [1.807, 2.05) is 44.2 Å². The minimum Gasteiger partial charge on any atom is -0.354 e. The highest BCUT2D eigenvalue weighted by molar-refractivity contribution is 7.89. The fraction of sp³-hybridized carbons (Fsp3) is 0.417. The third kappa shape index (κ3) is 5.55. The van der Waals surface area contributed by atoms with E-state index in [2.05, 4.69) is 5.32 Å². The maximum Gasteiger partial charge on any atom is 0.243 e. The van der Waals surface area contributed by atoms with Gasteiger partial charge in [0, 0.05) is 33.1 Å². The normalized spacial score (nSPS) is 17.4. The van der Waals surface area contributed by atoms with Gasteiger partial charge in [-0.05, 0) is 35.6 Å². The first kappa shape index (κ1) is 23.9. The van der Waals surface area contributed by atoms with E-state index in [1.165, 1.54) is 16.1 Å². The first-order valence-electron chi connectivity index (χ1n) is 10.9. The Labute approximate surface area is 190 Å². The zero-order valence-electron chi connectivity index (χ0n) is 18.8. The number of hydrogen-bond donors (Lipinski definition) is 1. The molecule has 2 amide bonds. The smallest absolute Gasteiger partial charge is 0.243 e. The Bertz CT molecular complexity index is 1040. The Kier molecular flexibility index (Phi) is 7.69. The standard InChI is InChI=1S/C24H31N3O4S/c1-18(2)21-9-11-22(12-10-21)32(30,31)27-16-15-26(19(3)28)17-23(27)24(29)25-14-13-20-7-5-4-6-8-20/h4-12,18,23H,13-17H2,1-3H3,(H,25,29). The molecule has 3 rings (SSSR count). The zero-order valence-corrected chi connectivity index (χ0v) is 19.6. The molecule has 7 nitrogen and oxygen atoms in total. The number of piperazine rings is 1. The third-order valence-electron chi connectivity index (χ3n) is 5.79. The first-order valence-corrected chi connectivity index (χ1v) is 12.3. The fourth-order valence-corrected chi connectivity index (χ4v) is 5.38. The van der Waals surface area contributed by atoms with Crippen molar-refractivity contribution in [2.75, 3.05) is 26.2 Å². The van der Waals surface area contributed by atoms with E-state index in [0.29, 0.717) is 13.0 Å². The summed E-state index contributed by atoms with van der Waals surface area (Å²) < 4.78 is 28.0. The number of nitrogens with one attached hydrogen (secondary N) is 1. The summed E-state index contributed by atoms with van der Waals surface area (Å²) in [4.78, 5) is 26.6. The number of amides is 2. The second-order valence-electron chi connectivity index (χ2n) is 8.35. The Hall–Kier alpha value is -2.71. The topological polar surface area (TPSA) is 86.8 Å². The van der Waals surface area contributed by atoms with Crippen molar-refractivity contribution in [1.29, 1.82) is 0 Å². The Morgan fingerprint density at radius 3 is 2.28 bits per heavy atom. The van der Waals surface area contributed by atoms with Crippen LogP contribution in [0.5, 0.6) is 0 Å². The minimum absolute atomic E-state index is 0.0375. The average Bonchev–Trinajstić information content (AvgIpc) is 2.79. The SMILES string of the molecule is CC(=O)N1CCN(S(=O)(=O)c2ccc(C(C)C)cc2)C(C(=O)NCCc2ccccc2)C1. The Morgan fingerprint density at radius 2 is 1.69 bits per heavy atom. The molecular weight excluding hydrogens is 426 g/mol. The quantitative estimate of drug-likeness (QED) is 0.692. The van der Waals surface area contributed by atoms with Crippen molar-refractivity contribution in [3.63, 3.8) is 0 Å². The van der Waals surface area contributed by atoms with Gasteiger partial charge in [-0.3, -0.25) is 9.59 Å². The molecule has 0 aliphatic carbocycles. The number of rotatable bonds is 7. The molecule has 1 atom stereocenters. The van der Waals surface area contributed by atoms with E-state index >= 15 is 0 Å². The summed E-state index contributed by atoms with van der Waals surface area (Å²) in [6.07, 6.45) is 0.638. The molecule has 1 unspecified atom stereocenters. The minimum atomic E-state index is -3.89. The highest BCUT2D eigenvalue weighted by atomic mass is 32.2. The molecule has 1 heterocycles. The van der Waals surface area contributed by atoms with Crippen LogP contribution in [0.1, 0.15) is 37.8 Å². The number of carbonyl (C=O) groups excluding carboxylic acids is 2. The van der Waals surface area contributed by atoms with Crippen LogP contribution >= 0.6 is 0 Å². The number of benzene rings is 2. The molecule has 0 saturated carbocycles. The van der Waals surface area contributed by atoms with E-state index in [0.717, 1.165) is 11.1 Å². The van der Waals surface area contributed by atoms with Gasteiger partial charge in [0.2, 0.25) is 21.8 Å². The lowest BCUT2D eigenvalue weighted by Crippen LogP contribution is -2.61. The third-order valence-corrected chi connectivity index (χ3v) is 7.71. The molecule has 2 aromatic rings. The van der Waals surface area contributed by atoms with E-state index < -0.39 is 22.0 Å². The summed E-state index contributed by atoms with van der Waals surface area (Å²) in [5.74, 6) is -0.284. The second kappa shape index (κ2) is 10.3. The molecule has 0 aromatic heterocycles. The van der Waals surface area contributed by atoms with Gasteiger partial charge in [-0.25, -0.2) is 8.42 Å². The fourth-order valence-electron chi connectivity index (χ4n) is 3.81. The molecule has 0 radical (unpaired) electrons. The van der Waals surface area contributed by atoms with Crippen molar-refractivity contribution in [2.24, 2.45) is 0 Å². The molecule has 1 aliphatic heterocycles. The molecule has 1 saturated heterocycles. The average molecular weight is 458 g/mol. The molecule has 0 bridgehead atoms. The van der Waals surface area contributed by atoms with E-state index in [-0.39, 0.29) is 36.4 Å². The zero-order chi connectivity index (χ0) is 23.3. The molecule has 2 aromatic carbocycles. The van der Waals surface area contributed by atoms with Gasteiger partial charge >= 0.3 is 0 Å². The summed E-state index contributed by atoms with van der Waals surface area (Å²) in [6, 6.07) is 15.6. The van der Waals surface area contributed by atoms with Gasteiger partial charge in [-0.2, -0.15) is 4.31 Å². The van der Waals surface area contributed by atoms with Gasteiger partial charge in [-0.1, -0.05) is 56.3 Å². The summed E-state index contributed by atoms with van der Waals surface area (Å²) in [7, 11) is -3.89. The maximum absolute atomic E-state index is 13.4. The maximum atomic E-state index is 13.4. The van der Waals surface area contributed by atoms with Gasteiger partial charge in [0.05, 0.1) is 4.90 Å². The van der Waals surface area contributed by atoms with Crippen molar-refractivity contribution in [2.45, 2.75) is 44.0 Å². The number of hydrogen-bond acceptors (Lipinski definition) is 4. The van der Waals surface area contributed by atoms with Crippen LogP contribution in [-0.4, -0.2) is 61.7 Å². The van der Waals surface area contributed by atoms with Crippen molar-refractivity contribution >= 4 is 21.8 Å². The molecule has 1 aliphatic rings. The summed E-state index contributed by atoms with van der Waals surface area (Å²) in [5.41, 5.74) is 2.12. The lowest BCUT2D eigenvalue weighted by molar-refractivity contribution is -0.134. The lowest BCUT2D eigenvalue weighted by atomic mass is 10.0. The van der Waals surface area contributed by atoms with Crippen LogP contribution in [-0.2, 0) is 26.0 Å². The Balaban J connectivity index is 1.78. The number of sulfonamides is 1. The van der Waals surface area contributed by atoms with Crippen LogP contribution in [0.15, 0.2) is 59.5 Å². The van der Waals surface area contributed by atoms with Crippen molar-refractivity contribution in [3.05, 3.63) is 65.7 Å². The number of carbonyl (C=O) groups is 2. The van der Waals surface area contributed by atoms with E-state index in [9.17, 15) is 18.0 Å². The highest BCUT2D eigenvalue weighted by Gasteiger charge is 2.40. The van der Waals surface area contributed by atoms with Gasteiger partial charge in [0.1, 0.15) is 6.04 Å². The monoisotopic (exact) mass is 457 g/mol. The molecule has 8 heteroatoms. The first-order chi connectivity index (χ1) is 15.2. The lowest BCUT2D eigenvalue weighted by Gasteiger charge is -2.39. The second-order valence-corrected chi connectivity index (χ2v) is 10.2. The van der Waals surface area contributed by atoms with Gasteiger partial charge < -0.3 is 10.2 Å². The van der Waals surface area contributed by atoms with Crippen LogP contribution in [0.3, 0.4) is 0 Å². The molecule has 32 heavy (non-hydrogen) atoms. The van der Waals surface area contributed by atoms with Crippen molar-refractivity contribution in [1.82, 2.24) is 14.5 Å². The van der Waals surface area contributed by atoms with Gasteiger partial charge in [0.15, 0.2) is 0 Å². The Morgan fingerprint density at radius 1 is 1.03 bits per heavy atom. The highest BCUT2D eigenvalue weighted by Crippen LogP contribution is 2.24. The molecule has 172 valence electrons. The summed E-state index contributed by atoms with van der Waals surface area (Å²) in [6.45, 7) is 6.27. The molecule has 0 spiro atoms. The van der Waals surface area contributed by atoms with Crippen LogP contribution in [0.2, 0.25) is 0 Å². The van der Waals surface area contributed by atoms with Crippen LogP contribution in [0, 0.1) is 0 Å². The van der Waals surface area contributed by atoms with Crippen LogP contribution < -0.4 is 5.32 Å². The van der Waals surface area contributed by atoms with Crippen molar-refractivity contribution < 1.29 is 18.0 Å². The van der Waals surface area contributed by atoms with E-state index in [1.54, 1.807) is 24.3 Å². The van der Waals surface area contributed by atoms with Crippen molar-refractivity contribution in [3.8, 4) is 0 Å².